The number of aryl methyl sites for hydroxylation is 1. The smallest absolute Gasteiger partial charge is 0.126 e. The quantitative estimate of drug-likeness (QED) is 0.615. The van der Waals surface area contributed by atoms with Crippen molar-refractivity contribution in [1.82, 2.24) is 5.32 Å². The maximum atomic E-state index is 5.99. The van der Waals surface area contributed by atoms with Crippen LogP contribution in [0.3, 0.4) is 0 Å². The Labute approximate surface area is 101 Å². The van der Waals surface area contributed by atoms with E-state index in [9.17, 15) is 0 Å². The summed E-state index contributed by atoms with van der Waals surface area (Å²) >= 11 is 10.1. The Hall–Kier alpha value is -0.380. The zero-order chi connectivity index (χ0) is 11.3. The fourth-order valence-corrected chi connectivity index (χ4v) is 1.98. The van der Waals surface area contributed by atoms with E-state index < -0.39 is 0 Å². The molecule has 0 aliphatic heterocycles. The largest absolute Gasteiger partial charge is 0.496 e. The van der Waals surface area contributed by atoms with Crippen molar-refractivity contribution in [2.45, 2.75) is 13.5 Å². The Morgan fingerprint density at radius 3 is 2.80 bits per heavy atom. The molecule has 0 saturated carbocycles. The summed E-state index contributed by atoms with van der Waals surface area (Å²) < 4.78 is 5.34. The van der Waals surface area contributed by atoms with Gasteiger partial charge < -0.3 is 10.1 Å². The topological polar surface area (TPSA) is 21.3 Å². The Kier molecular flexibility index (Phi) is 5.29. The molecule has 0 bridgehead atoms. The minimum absolute atomic E-state index is 0.746. The molecule has 0 aliphatic carbocycles. The molecule has 1 aromatic rings. The number of thiol groups is 1. The molecule has 0 fully saturated rings. The lowest BCUT2D eigenvalue weighted by Gasteiger charge is -2.12. The van der Waals surface area contributed by atoms with Crippen LogP contribution in [0.25, 0.3) is 0 Å². The molecule has 1 aromatic carbocycles. The summed E-state index contributed by atoms with van der Waals surface area (Å²) in [5, 5.41) is 4.01. The summed E-state index contributed by atoms with van der Waals surface area (Å²) in [7, 11) is 1.68. The third-order valence-corrected chi connectivity index (χ3v) is 2.57. The second-order valence-electron chi connectivity index (χ2n) is 3.32. The van der Waals surface area contributed by atoms with Crippen molar-refractivity contribution < 1.29 is 4.74 Å². The number of nitrogens with one attached hydrogen (secondary N) is 1. The van der Waals surface area contributed by atoms with E-state index in [-0.39, 0.29) is 0 Å². The van der Waals surface area contributed by atoms with Gasteiger partial charge in [-0.25, -0.2) is 0 Å². The van der Waals surface area contributed by atoms with Crippen LogP contribution in [0.5, 0.6) is 5.75 Å². The lowest BCUT2D eigenvalue weighted by Crippen LogP contribution is -2.16. The molecule has 0 amide bonds. The van der Waals surface area contributed by atoms with E-state index in [0.717, 1.165) is 40.7 Å². The zero-order valence-corrected chi connectivity index (χ0v) is 10.7. The fraction of sp³-hybridized carbons (Fsp3) is 0.455. The summed E-state index contributed by atoms with van der Waals surface area (Å²) in [5.74, 6) is 1.73. The summed E-state index contributed by atoms with van der Waals surface area (Å²) in [5.41, 5.74) is 2.15. The summed E-state index contributed by atoms with van der Waals surface area (Å²) in [6.45, 7) is 3.62. The standard InChI is InChI=1S/C11H16ClNOS/c1-8-5-10(12)6-9(11(8)14-2)7-13-3-4-15/h5-6,13,15H,3-4,7H2,1-2H3. The predicted octanol–water partition coefficient (Wildman–Crippen LogP) is 2.68. The van der Waals surface area contributed by atoms with Crippen LogP contribution < -0.4 is 10.1 Å². The number of benzene rings is 1. The Bertz CT molecular complexity index is 331. The van der Waals surface area contributed by atoms with Crippen LogP contribution in [0.4, 0.5) is 0 Å². The molecule has 0 saturated heterocycles. The molecule has 1 rings (SSSR count). The average Bonchev–Trinajstić information content (AvgIpc) is 2.17. The third kappa shape index (κ3) is 3.59. The molecule has 0 atom stereocenters. The average molecular weight is 246 g/mol. The SMILES string of the molecule is COc1c(C)cc(Cl)cc1CNCCS. The normalized spacial score (nSPS) is 10.4. The summed E-state index contributed by atoms with van der Waals surface area (Å²) in [6.07, 6.45) is 0. The van der Waals surface area contributed by atoms with Gasteiger partial charge in [0, 0.05) is 29.4 Å². The van der Waals surface area contributed by atoms with Crippen molar-refractivity contribution in [2.75, 3.05) is 19.4 Å². The molecular formula is C11H16ClNOS. The summed E-state index contributed by atoms with van der Waals surface area (Å²) in [4.78, 5) is 0. The van der Waals surface area contributed by atoms with Gasteiger partial charge in [-0.05, 0) is 24.6 Å². The Morgan fingerprint density at radius 1 is 1.47 bits per heavy atom. The van der Waals surface area contributed by atoms with Gasteiger partial charge in [-0.3, -0.25) is 0 Å². The first-order valence-electron chi connectivity index (χ1n) is 4.83. The molecule has 15 heavy (non-hydrogen) atoms. The highest BCUT2D eigenvalue weighted by Crippen LogP contribution is 2.27. The first kappa shape index (κ1) is 12.7. The fourth-order valence-electron chi connectivity index (χ4n) is 1.52. The van der Waals surface area contributed by atoms with E-state index in [1.165, 1.54) is 0 Å². The molecule has 1 N–H and O–H groups in total. The number of methoxy groups -OCH3 is 1. The molecule has 4 heteroatoms. The van der Waals surface area contributed by atoms with Crippen LogP contribution in [-0.4, -0.2) is 19.4 Å². The van der Waals surface area contributed by atoms with Gasteiger partial charge in [0.1, 0.15) is 5.75 Å². The van der Waals surface area contributed by atoms with Gasteiger partial charge in [-0.1, -0.05) is 11.6 Å². The Balaban J connectivity index is 2.84. The highest BCUT2D eigenvalue weighted by molar-refractivity contribution is 7.80. The zero-order valence-electron chi connectivity index (χ0n) is 9.01. The maximum absolute atomic E-state index is 5.99. The lowest BCUT2D eigenvalue weighted by atomic mass is 10.1. The number of rotatable bonds is 5. The van der Waals surface area contributed by atoms with Crippen molar-refractivity contribution in [1.29, 1.82) is 0 Å². The van der Waals surface area contributed by atoms with E-state index in [1.54, 1.807) is 7.11 Å². The van der Waals surface area contributed by atoms with E-state index in [0.29, 0.717) is 0 Å². The van der Waals surface area contributed by atoms with Gasteiger partial charge in [0.05, 0.1) is 7.11 Å². The highest BCUT2D eigenvalue weighted by atomic mass is 35.5. The van der Waals surface area contributed by atoms with Gasteiger partial charge >= 0.3 is 0 Å². The van der Waals surface area contributed by atoms with Crippen molar-refractivity contribution in [2.24, 2.45) is 0 Å². The van der Waals surface area contributed by atoms with Crippen LogP contribution in [-0.2, 0) is 6.54 Å². The van der Waals surface area contributed by atoms with E-state index in [1.807, 2.05) is 19.1 Å². The molecule has 0 aromatic heterocycles. The first-order valence-corrected chi connectivity index (χ1v) is 5.84. The Morgan fingerprint density at radius 2 is 2.20 bits per heavy atom. The van der Waals surface area contributed by atoms with Crippen LogP contribution in [0.1, 0.15) is 11.1 Å². The second kappa shape index (κ2) is 6.26. The second-order valence-corrected chi connectivity index (χ2v) is 4.20. The number of ether oxygens (including phenoxy) is 1. The van der Waals surface area contributed by atoms with Gasteiger partial charge in [-0.15, -0.1) is 0 Å². The van der Waals surface area contributed by atoms with E-state index >= 15 is 0 Å². The predicted molar refractivity (Wildman–Crippen MR) is 68.3 cm³/mol. The van der Waals surface area contributed by atoms with E-state index in [4.69, 9.17) is 16.3 Å². The highest BCUT2D eigenvalue weighted by Gasteiger charge is 2.07. The van der Waals surface area contributed by atoms with Gasteiger partial charge in [0.2, 0.25) is 0 Å². The number of hydrogen-bond donors (Lipinski definition) is 2. The maximum Gasteiger partial charge on any atom is 0.126 e. The van der Waals surface area contributed by atoms with Crippen LogP contribution in [0.2, 0.25) is 5.02 Å². The lowest BCUT2D eigenvalue weighted by molar-refractivity contribution is 0.405. The van der Waals surface area contributed by atoms with Gasteiger partial charge in [0.15, 0.2) is 0 Å². The molecule has 0 radical (unpaired) electrons. The van der Waals surface area contributed by atoms with Crippen LogP contribution >= 0.6 is 24.2 Å². The van der Waals surface area contributed by atoms with Crippen molar-refractivity contribution >= 4 is 24.2 Å². The van der Waals surface area contributed by atoms with E-state index in [2.05, 4.69) is 17.9 Å². The molecule has 0 unspecified atom stereocenters. The first-order chi connectivity index (χ1) is 7.19. The summed E-state index contributed by atoms with van der Waals surface area (Å²) in [6, 6.07) is 3.83. The number of halogens is 1. The molecule has 0 spiro atoms. The molecule has 2 nitrogen and oxygen atoms in total. The molecular weight excluding hydrogens is 230 g/mol. The van der Waals surface area contributed by atoms with Crippen molar-refractivity contribution in [3.05, 3.63) is 28.3 Å². The minimum Gasteiger partial charge on any atom is -0.496 e. The van der Waals surface area contributed by atoms with Gasteiger partial charge in [0.25, 0.3) is 0 Å². The van der Waals surface area contributed by atoms with Crippen molar-refractivity contribution in [3.63, 3.8) is 0 Å². The number of hydrogen-bond acceptors (Lipinski definition) is 3. The molecule has 0 aliphatic rings. The van der Waals surface area contributed by atoms with Crippen molar-refractivity contribution in [3.8, 4) is 5.75 Å². The minimum atomic E-state index is 0.746. The monoisotopic (exact) mass is 245 g/mol. The van der Waals surface area contributed by atoms with Crippen LogP contribution in [0, 0.1) is 6.92 Å². The molecule has 0 heterocycles. The third-order valence-electron chi connectivity index (χ3n) is 2.12. The molecule has 84 valence electrons. The van der Waals surface area contributed by atoms with Crippen LogP contribution in [0.15, 0.2) is 12.1 Å². The van der Waals surface area contributed by atoms with Gasteiger partial charge in [-0.2, -0.15) is 12.6 Å².